The molecular weight excluding hydrogens is 204 g/mol. The fraction of sp³-hybridized carbons (Fsp3) is 0.889. The van der Waals surface area contributed by atoms with Crippen molar-refractivity contribution in [3.8, 4) is 0 Å². The van der Waals surface area contributed by atoms with Gasteiger partial charge in [0.05, 0.1) is 0 Å². The number of ether oxygens (including phenoxy) is 4. The highest BCUT2D eigenvalue weighted by Crippen LogP contribution is 2.42. The molecule has 0 aromatic carbocycles. The Labute approximate surface area is 86.1 Å². The van der Waals surface area contributed by atoms with E-state index >= 15 is 0 Å². The van der Waals surface area contributed by atoms with Gasteiger partial charge in [0.1, 0.15) is 6.10 Å². The van der Waals surface area contributed by atoms with Gasteiger partial charge in [-0.2, -0.15) is 0 Å². The molecule has 0 amide bonds. The van der Waals surface area contributed by atoms with Crippen molar-refractivity contribution in [2.24, 2.45) is 0 Å². The summed E-state index contributed by atoms with van der Waals surface area (Å²) in [5, 5.41) is 9.44. The molecule has 0 aromatic heterocycles. The standard InChI is InChI=1S/C9H12O6/c1-9(2)14-6-5-4(13-8(6)15-9)3(10)7(11)12-5/h3-6,8,10H,1-2H3/t3-,4+,5-,6-,8+/m0/s1. The van der Waals surface area contributed by atoms with Gasteiger partial charge in [0.15, 0.2) is 30.4 Å². The van der Waals surface area contributed by atoms with Crippen molar-refractivity contribution in [1.29, 1.82) is 0 Å². The Bertz CT molecular complexity index is 314. The summed E-state index contributed by atoms with van der Waals surface area (Å²) in [6.45, 7) is 3.52. The first-order valence-electron chi connectivity index (χ1n) is 4.88. The van der Waals surface area contributed by atoms with Gasteiger partial charge in [0.2, 0.25) is 0 Å². The zero-order chi connectivity index (χ0) is 10.8. The van der Waals surface area contributed by atoms with Crippen molar-refractivity contribution in [2.75, 3.05) is 0 Å². The van der Waals surface area contributed by atoms with Crippen LogP contribution in [0, 0.1) is 0 Å². The monoisotopic (exact) mass is 216 g/mol. The molecule has 0 bridgehead atoms. The Morgan fingerprint density at radius 1 is 1.20 bits per heavy atom. The second-order valence-corrected chi connectivity index (χ2v) is 4.42. The van der Waals surface area contributed by atoms with Gasteiger partial charge in [-0.3, -0.25) is 0 Å². The van der Waals surface area contributed by atoms with Crippen LogP contribution in [0.5, 0.6) is 0 Å². The van der Waals surface area contributed by atoms with Crippen LogP contribution in [-0.4, -0.2) is 47.6 Å². The van der Waals surface area contributed by atoms with Crippen LogP contribution in [-0.2, 0) is 23.7 Å². The first-order valence-corrected chi connectivity index (χ1v) is 4.88. The highest BCUT2D eigenvalue weighted by Gasteiger charge is 2.62. The third kappa shape index (κ3) is 1.22. The third-order valence-electron chi connectivity index (χ3n) is 2.83. The number of carbonyl (C=O) groups is 1. The molecule has 3 rings (SSSR count). The molecule has 15 heavy (non-hydrogen) atoms. The minimum Gasteiger partial charge on any atom is -0.454 e. The van der Waals surface area contributed by atoms with E-state index in [9.17, 15) is 9.90 Å². The zero-order valence-electron chi connectivity index (χ0n) is 8.38. The van der Waals surface area contributed by atoms with Crippen molar-refractivity contribution in [1.82, 2.24) is 0 Å². The lowest BCUT2D eigenvalue weighted by Gasteiger charge is -2.20. The van der Waals surface area contributed by atoms with E-state index in [4.69, 9.17) is 18.9 Å². The lowest BCUT2D eigenvalue weighted by molar-refractivity contribution is -0.214. The maximum absolute atomic E-state index is 11.1. The van der Waals surface area contributed by atoms with Gasteiger partial charge < -0.3 is 24.1 Å². The lowest BCUT2D eigenvalue weighted by atomic mass is 10.1. The van der Waals surface area contributed by atoms with Gasteiger partial charge in [-0.25, -0.2) is 4.79 Å². The maximum Gasteiger partial charge on any atom is 0.338 e. The largest absolute Gasteiger partial charge is 0.454 e. The van der Waals surface area contributed by atoms with E-state index in [0.717, 1.165) is 0 Å². The number of hydrogen-bond donors (Lipinski definition) is 1. The average Bonchev–Trinajstić information content (AvgIpc) is 2.66. The van der Waals surface area contributed by atoms with E-state index in [2.05, 4.69) is 0 Å². The predicted molar refractivity (Wildman–Crippen MR) is 44.6 cm³/mol. The topological polar surface area (TPSA) is 74.2 Å². The number of fused-ring (bicyclic) bond motifs is 3. The maximum atomic E-state index is 11.1. The summed E-state index contributed by atoms with van der Waals surface area (Å²) in [7, 11) is 0. The number of carbonyl (C=O) groups excluding carboxylic acids is 1. The molecule has 1 N–H and O–H groups in total. The Morgan fingerprint density at radius 2 is 1.93 bits per heavy atom. The molecule has 0 unspecified atom stereocenters. The molecule has 6 nitrogen and oxygen atoms in total. The summed E-state index contributed by atoms with van der Waals surface area (Å²) in [4.78, 5) is 11.1. The quantitative estimate of drug-likeness (QED) is 0.532. The Balaban J connectivity index is 1.83. The second kappa shape index (κ2) is 2.70. The minimum atomic E-state index is -1.23. The van der Waals surface area contributed by atoms with Crippen molar-refractivity contribution >= 4 is 5.97 Å². The summed E-state index contributed by atoms with van der Waals surface area (Å²) >= 11 is 0. The normalized spacial score (nSPS) is 51.4. The molecule has 6 heteroatoms. The molecule has 5 atom stereocenters. The Morgan fingerprint density at radius 3 is 2.67 bits per heavy atom. The smallest absolute Gasteiger partial charge is 0.338 e. The van der Waals surface area contributed by atoms with Crippen LogP contribution in [0.2, 0.25) is 0 Å². The third-order valence-corrected chi connectivity index (χ3v) is 2.83. The van der Waals surface area contributed by atoms with Gasteiger partial charge in [0.25, 0.3) is 0 Å². The predicted octanol–water partition coefficient (Wildman–Crippen LogP) is -0.851. The first-order chi connectivity index (χ1) is 6.98. The van der Waals surface area contributed by atoms with Gasteiger partial charge in [-0.05, 0) is 13.8 Å². The van der Waals surface area contributed by atoms with E-state index in [1.807, 2.05) is 0 Å². The zero-order valence-corrected chi connectivity index (χ0v) is 8.38. The second-order valence-electron chi connectivity index (χ2n) is 4.42. The Hall–Kier alpha value is -0.690. The fourth-order valence-corrected chi connectivity index (χ4v) is 2.23. The molecule has 0 spiro atoms. The molecule has 0 saturated carbocycles. The first kappa shape index (κ1) is 9.53. The summed E-state index contributed by atoms with van der Waals surface area (Å²) in [5.74, 6) is -1.39. The highest BCUT2D eigenvalue weighted by atomic mass is 16.8. The molecule has 3 fully saturated rings. The van der Waals surface area contributed by atoms with Crippen LogP contribution >= 0.6 is 0 Å². The molecule has 3 aliphatic rings. The number of esters is 1. The molecule has 0 aliphatic carbocycles. The van der Waals surface area contributed by atoms with Crippen molar-refractivity contribution in [3.63, 3.8) is 0 Å². The van der Waals surface area contributed by atoms with E-state index in [-0.39, 0.29) is 0 Å². The minimum absolute atomic E-state index is 0.439. The van der Waals surface area contributed by atoms with Crippen molar-refractivity contribution in [2.45, 2.75) is 50.3 Å². The number of rotatable bonds is 0. The van der Waals surface area contributed by atoms with Crippen LogP contribution < -0.4 is 0 Å². The molecule has 3 saturated heterocycles. The van der Waals surface area contributed by atoms with E-state index < -0.39 is 42.5 Å². The average molecular weight is 216 g/mol. The van der Waals surface area contributed by atoms with Crippen LogP contribution in [0.1, 0.15) is 13.8 Å². The molecule has 3 heterocycles. The summed E-state index contributed by atoms with van der Waals surface area (Å²) in [5.41, 5.74) is 0. The molecule has 3 aliphatic heterocycles. The van der Waals surface area contributed by atoms with Crippen LogP contribution in [0.3, 0.4) is 0 Å². The van der Waals surface area contributed by atoms with E-state index in [0.29, 0.717) is 0 Å². The number of aliphatic hydroxyl groups is 1. The molecule has 84 valence electrons. The van der Waals surface area contributed by atoms with Crippen LogP contribution in [0.4, 0.5) is 0 Å². The van der Waals surface area contributed by atoms with Crippen LogP contribution in [0.25, 0.3) is 0 Å². The molecule has 0 radical (unpaired) electrons. The lowest BCUT2D eigenvalue weighted by Crippen LogP contribution is -2.35. The SMILES string of the molecule is CC1(C)O[C@H]2O[C@H]3[C@H](OC(=O)[C@H]3O)[C@@H]2O1. The highest BCUT2D eigenvalue weighted by molar-refractivity contribution is 5.78. The van der Waals surface area contributed by atoms with E-state index in [1.165, 1.54) is 0 Å². The van der Waals surface area contributed by atoms with Gasteiger partial charge >= 0.3 is 5.97 Å². The van der Waals surface area contributed by atoms with Crippen molar-refractivity contribution < 1.29 is 28.8 Å². The van der Waals surface area contributed by atoms with Gasteiger partial charge in [-0.1, -0.05) is 0 Å². The summed E-state index contributed by atoms with van der Waals surface area (Å²) in [6, 6.07) is 0. The van der Waals surface area contributed by atoms with Crippen molar-refractivity contribution in [3.05, 3.63) is 0 Å². The van der Waals surface area contributed by atoms with Gasteiger partial charge in [-0.15, -0.1) is 0 Å². The summed E-state index contributed by atoms with van der Waals surface area (Å²) in [6.07, 6.45) is -3.44. The van der Waals surface area contributed by atoms with Crippen LogP contribution in [0.15, 0.2) is 0 Å². The fourth-order valence-electron chi connectivity index (χ4n) is 2.23. The van der Waals surface area contributed by atoms with Gasteiger partial charge in [0, 0.05) is 0 Å². The summed E-state index contributed by atoms with van der Waals surface area (Å²) < 4.78 is 21.4. The molecular formula is C9H12O6. The molecule has 0 aromatic rings. The number of hydrogen-bond acceptors (Lipinski definition) is 6. The number of aliphatic hydroxyl groups excluding tert-OH is 1. The Kier molecular flexibility index (Phi) is 1.72. The van der Waals surface area contributed by atoms with E-state index in [1.54, 1.807) is 13.8 Å².